The van der Waals surface area contributed by atoms with Crippen LogP contribution in [-0.2, 0) is 47.9 Å². The van der Waals surface area contributed by atoms with E-state index in [2.05, 4.69) is 49.9 Å². The molecule has 0 fully saturated rings. The van der Waals surface area contributed by atoms with Gasteiger partial charge in [-0.2, -0.15) is 49.9 Å². The summed E-state index contributed by atoms with van der Waals surface area (Å²) in [5, 5.41) is 21.3. The fourth-order valence-electron chi connectivity index (χ4n) is 4.18. The van der Waals surface area contributed by atoms with Crippen LogP contribution in [0.15, 0.2) is 49.9 Å². The largest absolute Gasteiger partial charge is 0.394 e. The smallest absolute Gasteiger partial charge is 0.240 e. The highest BCUT2D eigenvalue weighted by molar-refractivity contribution is 6.02. The molecule has 228 valence electrons. The summed E-state index contributed by atoms with van der Waals surface area (Å²) in [5.74, 6) is -2.33. The number of isocyanates is 10. The quantitative estimate of drug-likeness (QED) is 0.221. The highest BCUT2D eigenvalue weighted by Crippen LogP contribution is 2.61. The number of nitrogens with zero attached hydrogens (tertiary/aromatic N) is 10. The van der Waals surface area contributed by atoms with Crippen LogP contribution in [0.5, 0.6) is 0 Å². The van der Waals surface area contributed by atoms with Crippen molar-refractivity contribution in [1.82, 2.24) is 0 Å². The van der Waals surface area contributed by atoms with Crippen molar-refractivity contribution in [2.24, 2.45) is 49.9 Å². The molecular formula is C25H6N10O12. The van der Waals surface area contributed by atoms with Gasteiger partial charge in [-0.05, 0) is 0 Å². The van der Waals surface area contributed by atoms with E-state index in [0.717, 1.165) is 60.8 Å². The molecule has 2 aromatic rings. The van der Waals surface area contributed by atoms with Crippen molar-refractivity contribution < 1.29 is 58.2 Å². The second-order valence-electron chi connectivity index (χ2n) is 7.57. The molecule has 1 atom stereocenters. The molecular weight excluding hydrogens is 632 g/mol. The van der Waals surface area contributed by atoms with Gasteiger partial charge in [0.15, 0.2) is 0 Å². The normalized spacial score (nSPS) is 10.3. The van der Waals surface area contributed by atoms with Gasteiger partial charge in [0.25, 0.3) is 0 Å². The highest BCUT2D eigenvalue weighted by atomic mass is 16.3. The summed E-state index contributed by atoms with van der Waals surface area (Å²) < 4.78 is 0. The molecule has 47 heavy (non-hydrogen) atoms. The standard InChI is InChI=1S/C25H6N10O12/c36-1-12(47)13(14-16(26-2-37)20(30-6-41)24(34-10-45)21(31-7-42)17(14)27-3-38)15-18(28-4-39)22(32-8-43)25(35-11-46)23(33-9-44)19(15)29-5-40/h12-13,36,47H,1H2. The Morgan fingerprint density at radius 2 is 0.532 bits per heavy atom. The Morgan fingerprint density at radius 3 is 0.702 bits per heavy atom. The topological polar surface area (TPSA) is 335 Å². The first-order chi connectivity index (χ1) is 22.8. The first-order valence-electron chi connectivity index (χ1n) is 11.4. The maximum atomic E-state index is 11.6. The van der Waals surface area contributed by atoms with E-state index in [-0.39, 0.29) is 0 Å². The minimum absolute atomic E-state index is 0.940. The van der Waals surface area contributed by atoms with Gasteiger partial charge in [-0.3, -0.25) is 0 Å². The van der Waals surface area contributed by atoms with E-state index < -0.39 is 86.6 Å². The number of benzene rings is 2. The Kier molecular flexibility index (Phi) is 13.0. The third-order valence-electron chi connectivity index (χ3n) is 5.58. The van der Waals surface area contributed by atoms with Crippen molar-refractivity contribution in [3.63, 3.8) is 0 Å². The maximum Gasteiger partial charge on any atom is 0.240 e. The number of hydrogen-bond acceptors (Lipinski definition) is 22. The molecule has 2 N–H and O–H groups in total. The SMILES string of the molecule is O=C=Nc1c(N=C=O)c(N=C=O)c(C(c2c(N=C=O)c(N=C=O)c(N=C=O)c(N=C=O)c2N=C=O)C(O)CO)c(N=C=O)c1N=C=O. The minimum Gasteiger partial charge on any atom is -0.394 e. The lowest BCUT2D eigenvalue weighted by molar-refractivity contribution is 0.0828. The molecule has 0 amide bonds. The Bertz CT molecular complexity index is 1900. The molecule has 0 saturated carbocycles. The van der Waals surface area contributed by atoms with E-state index in [1.165, 1.54) is 0 Å². The lowest BCUT2D eigenvalue weighted by Crippen LogP contribution is -2.24. The summed E-state index contributed by atoms with van der Waals surface area (Å²) >= 11 is 0. The predicted octanol–water partition coefficient (Wildman–Crippen LogP) is 1.84. The van der Waals surface area contributed by atoms with E-state index >= 15 is 0 Å². The van der Waals surface area contributed by atoms with E-state index in [9.17, 15) is 58.2 Å². The van der Waals surface area contributed by atoms with Crippen LogP contribution in [0.4, 0.5) is 56.9 Å². The summed E-state index contributed by atoms with van der Waals surface area (Å²) in [6, 6.07) is 0. The van der Waals surface area contributed by atoms with Crippen molar-refractivity contribution in [2.75, 3.05) is 6.61 Å². The molecule has 1 unspecified atom stereocenters. The summed E-state index contributed by atoms with van der Waals surface area (Å²) in [5.41, 5.74) is -11.8. The van der Waals surface area contributed by atoms with Crippen molar-refractivity contribution in [3.8, 4) is 0 Å². The van der Waals surface area contributed by atoms with Gasteiger partial charge in [-0.1, -0.05) is 0 Å². The second kappa shape index (κ2) is 17.3. The molecule has 0 bridgehead atoms. The summed E-state index contributed by atoms with van der Waals surface area (Å²) in [7, 11) is 0. The third-order valence-corrected chi connectivity index (χ3v) is 5.58. The van der Waals surface area contributed by atoms with Crippen LogP contribution in [-0.4, -0.2) is 83.7 Å². The maximum absolute atomic E-state index is 11.6. The average molecular weight is 638 g/mol. The number of aliphatic imine (C=N–C) groups is 10. The number of aliphatic hydroxyl groups excluding tert-OH is 2. The molecule has 0 spiro atoms. The fourth-order valence-corrected chi connectivity index (χ4v) is 4.18. The van der Waals surface area contributed by atoms with Gasteiger partial charge in [-0.15, -0.1) is 0 Å². The third kappa shape index (κ3) is 7.04. The number of rotatable bonds is 14. The molecule has 0 aliphatic rings. The summed E-state index contributed by atoms with van der Waals surface area (Å²) in [4.78, 5) is 147. The van der Waals surface area contributed by atoms with Crippen molar-refractivity contribution in [3.05, 3.63) is 11.1 Å². The van der Waals surface area contributed by atoms with Gasteiger partial charge in [-0.25, -0.2) is 47.9 Å². The zero-order valence-corrected chi connectivity index (χ0v) is 22.3. The number of hydrogen-bond donors (Lipinski definition) is 2. The molecule has 22 heteroatoms. The Balaban J connectivity index is 3.85. The summed E-state index contributed by atoms with van der Waals surface area (Å²) in [6.07, 6.45) is 7.86. The molecule has 0 aliphatic heterocycles. The van der Waals surface area contributed by atoms with E-state index in [0.29, 0.717) is 0 Å². The Labute approximate surface area is 255 Å². The zero-order valence-electron chi connectivity index (χ0n) is 22.3. The average Bonchev–Trinajstić information content (AvgIpc) is 3.06. The molecule has 0 heterocycles. The zero-order chi connectivity index (χ0) is 34.9. The van der Waals surface area contributed by atoms with Crippen LogP contribution in [0, 0.1) is 0 Å². The van der Waals surface area contributed by atoms with Crippen LogP contribution in [0.3, 0.4) is 0 Å². The van der Waals surface area contributed by atoms with Crippen molar-refractivity contribution in [2.45, 2.75) is 12.0 Å². The molecule has 22 nitrogen and oxygen atoms in total. The van der Waals surface area contributed by atoms with Crippen LogP contribution < -0.4 is 0 Å². The fraction of sp³-hybridized carbons (Fsp3) is 0.120. The minimum atomic E-state index is -2.36. The molecule has 0 radical (unpaired) electrons. The van der Waals surface area contributed by atoms with Crippen LogP contribution >= 0.6 is 0 Å². The molecule has 0 saturated heterocycles. The number of carbonyl (C=O) groups excluding carboxylic acids is 10. The van der Waals surface area contributed by atoms with Crippen LogP contribution in [0.25, 0.3) is 0 Å². The molecule has 0 aliphatic carbocycles. The first-order valence-corrected chi connectivity index (χ1v) is 11.4. The summed E-state index contributed by atoms with van der Waals surface area (Å²) in [6.45, 7) is -1.37. The molecule has 0 aromatic heterocycles. The van der Waals surface area contributed by atoms with Gasteiger partial charge >= 0.3 is 0 Å². The van der Waals surface area contributed by atoms with Gasteiger partial charge in [0.2, 0.25) is 60.8 Å². The Hall–Kier alpha value is -7.84. The van der Waals surface area contributed by atoms with Crippen molar-refractivity contribution >= 4 is 118 Å². The van der Waals surface area contributed by atoms with Gasteiger partial charge in [0, 0.05) is 17.0 Å². The van der Waals surface area contributed by atoms with E-state index in [1.54, 1.807) is 0 Å². The van der Waals surface area contributed by atoms with E-state index in [1.807, 2.05) is 0 Å². The Morgan fingerprint density at radius 1 is 0.362 bits per heavy atom. The second-order valence-corrected chi connectivity index (χ2v) is 7.57. The van der Waals surface area contributed by atoms with Crippen LogP contribution in [0.1, 0.15) is 17.0 Å². The van der Waals surface area contributed by atoms with Crippen LogP contribution in [0.2, 0.25) is 0 Å². The first kappa shape index (κ1) is 35.4. The highest BCUT2D eigenvalue weighted by Gasteiger charge is 2.39. The molecule has 2 aromatic carbocycles. The number of aliphatic hydroxyl groups is 2. The predicted molar refractivity (Wildman–Crippen MR) is 146 cm³/mol. The van der Waals surface area contributed by atoms with Gasteiger partial charge < -0.3 is 10.2 Å². The monoisotopic (exact) mass is 638 g/mol. The van der Waals surface area contributed by atoms with Crippen molar-refractivity contribution in [1.29, 1.82) is 0 Å². The lowest BCUT2D eigenvalue weighted by Gasteiger charge is -2.28. The van der Waals surface area contributed by atoms with Gasteiger partial charge in [0.1, 0.15) is 56.9 Å². The van der Waals surface area contributed by atoms with Gasteiger partial charge in [0.05, 0.1) is 12.7 Å². The molecule has 2 rings (SSSR count). The van der Waals surface area contributed by atoms with E-state index in [4.69, 9.17) is 0 Å². The lowest BCUT2D eigenvalue weighted by atomic mass is 9.80.